The number of ether oxygens (including phenoxy) is 1. The molecule has 18 heavy (non-hydrogen) atoms. The van der Waals surface area contributed by atoms with Crippen molar-refractivity contribution >= 4 is 33.2 Å². The van der Waals surface area contributed by atoms with Crippen LogP contribution in [0, 0.1) is 0 Å². The Morgan fingerprint density at radius 2 is 2.33 bits per heavy atom. The maximum Gasteiger partial charge on any atom is 0.236 e. The van der Waals surface area contributed by atoms with Crippen molar-refractivity contribution in [1.82, 2.24) is 14.9 Å². The van der Waals surface area contributed by atoms with E-state index in [9.17, 15) is 0 Å². The molecule has 1 fully saturated rings. The lowest BCUT2D eigenvalue weighted by atomic mass is 10.4. The molecule has 0 radical (unpaired) electrons. The van der Waals surface area contributed by atoms with Gasteiger partial charge in [-0.05, 0) is 42.9 Å². The van der Waals surface area contributed by atoms with Gasteiger partial charge in [0.05, 0.1) is 5.52 Å². The van der Waals surface area contributed by atoms with Crippen molar-refractivity contribution in [1.29, 1.82) is 0 Å². The van der Waals surface area contributed by atoms with Crippen LogP contribution in [-0.4, -0.2) is 41.1 Å². The van der Waals surface area contributed by atoms with E-state index in [2.05, 4.69) is 21.9 Å². The van der Waals surface area contributed by atoms with E-state index in [4.69, 9.17) is 16.3 Å². The molecule has 6 heteroatoms. The first-order valence-corrected chi connectivity index (χ1v) is 7.23. The molecule has 1 aliphatic carbocycles. The largest absolute Gasteiger partial charge is 0.475 e. The summed E-state index contributed by atoms with van der Waals surface area (Å²) in [6, 6.07) is 2.68. The average Bonchev–Trinajstić information content (AvgIpc) is 3.08. The first kappa shape index (κ1) is 12.1. The summed E-state index contributed by atoms with van der Waals surface area (Å²) < 4.78 is 6.71. The summed E-state index contributed by atoms with van der Waals surface area (Å²) in [5.41, 5.74) is 0.852. The molecule has 0 amide bonds. The van der Waals surface area contributed by atoms with Crippen LogP contribution in [0.3, 0.4) is 0 Å². The fourth-order valence-corrected chi connectivity index (χ4v) is 2.83. The number of nitrogens with zero attached hydrogens (tertiary/aromatic N) is 3. The highest BCUT2D eigenvalue weighted by atomic mass is 35.5. The Morgan fingerprint density at radius 3 is 3.11 bits per heavy atom. The van der Waals surface area contributed by atoms with Crippen LogP contribution in [0.5, 0.6) is 5.88 Å². The minimum atomic E-state index is 0.242. The number of halogens is 1. The number of thiophene rings is 1. The smallest absolute Gasteiger partial charge is 0.236 e. The minimum Gasteiger partial charge on any atom is -0.475 e. The zero-order valence-corrected chi connectivity index (χ0v) is 11.7. The molecule has 0 unspecified atom stereocenters. The van der Waals surface area contributed by atoms with Crippen molar-refractivity contribution in [3.8, 4) is 5.88 Å². The monoisotopic (exact) mass is 283 g/mol. The summed E-state index contributed by atoms with van der Waals surface area (Å²) in [7, 11) is 2.13. The molecule has 0 aliphatic heterocycles. The molecule has 3 rings (SSSR count). The van der Waals surface area contributed by atoms with E-state index >= 15 is 0 Å². The Labute approximate surface area is 115 Å². The SMILES string of the molecule is CN(CCOc1nc(Cl)nc2ccsc12)C1CC1. The van der Waals surface area contributed by atoms with Gasteiger partial charge in [0.25, 0.3) is 0 Å². The van der Waals surface area contributed by atoms with Gasteiger partial charge in [-0.3, -0.25) is 0 Å². The molecule has 0 spiro atoms. The highest BCUT2D eigenvalue weighted by Crippen LogP contribution is 2.29. The van der Waals surface area contributed by atoms with Gasteiger partial charge in [0.2, 0.25) is 11.2 Å². The maximum absolute atomic E-state index is 5.87. The van der Waals surface area contributed by atoms with Crippen molar-refractivity contribution < 1.29 is 4.74 Å². The molecule has 2 aromatic rings. The average molecular weight is 284 g/mol. The molecule has 96 valence electrons. The summed E-state index contributed by atoms with van der Waals surface area (Å²) in [4.78, 5) is 10.6. The molecule has 4 nitrogen and oxygen atoms in total. The van der Waals surface area contributed by atoms with Crippen molar-refractivity contribution in [2.75, 3.05) is 20.2 Å². The molecule has 2 heterocycles. The van der Waals surface area contributed by atoms with E-state index in [0.29, 0.717) is 12.5 Å². The Kier molecular flexibility index (Phi) is 3.37. The summed E-state index contributed by atoms with van der Waals surface area (Å²) >= 11 is 7.45. The van der Waals surface area contributed by atoms with Gasteiger partial charge < -0.3 is 9.64 Å². The second kappa shape index (κ2) is 4.99. The van der Waals surface area contributed by atoms with Crippen molar-refractivity contribution in [2.45, 2.75) is 18.9 Å². The quantitative estimate of drug-likeness (QED) is 0.791. The number of fused-ring (bicyclic) bond motifs is 1. The van der Waals surface area contributed by atoms with Gasteiger partial charge in [-0.15, -0.1) is 11.3 Å². The third kappa shape index (κ3) is 2.58. The fraction of sp³-hybridized carbons (Fsp3) is 0.500. The van der Waals surface area contributed by atoms with E-state index < -0.39 is 0 Å². The number of hydrogen-bond donors (Lipinski definition) is 0. The molecule has 0 N–H and O–H groups in total. The van der Waals surface area contributed by atoms with Gasteiger partial charge in [-0.25, -0.2) is 4.98 Å². The van der Waals surface area contributed by atoms with Gasteiger partial charge in [0.15, 0.2) is 0 Å². The summed E-state index contributed by atoms with van der Waals surface area (Å²) in [5, 5.41) is 2.21. The molecule has 0 aromatic carbocycles. The fourth-order valence-electron chi connectivity index (χ4n) is 1.89. The number of aromatic nitrogens is 2. The van der Waals surface area contributed by atoms with Crippen LogP contribution in [0.1, 0.15) is 12.8 Å². The van der Waals surface area contributed by atoms with Crippen LogP contribution >= 0.6 is 22.9 Å². The number of hydrogen-bond acceptors (Lipinski definition) is 5. The first-order valence-electron chi connectivity index (χ1n) is 5.98. The first-order chi connectivity index (χ1) is 8.74. The van der Waals surface area contributed by atoms with Crippen LogP contribution in [0.25, 0.3) is 10.2 Å². The Balaban J connectivity index is 1.67. The third-order valence-electron chi connectivity index (χ3n) is 3.10. The van der Waals surface area contributed by atoms with Gasteiger partial charge in [-0.1, -0.05) is 0 Å². The molecule has 2 aromatic heterocycles. The lowest BCUT2D eigenvalue weighted by Gasteiger charge is -2.15. The van der Waals surface area contributed by atoms with Crippen LogP contribution in [0.2, 0.25) is 5.28 Å². The highest BCUT2D eigenvalue weighted by Gasteiger charge is 2.25. The van der Waals surface area contributed by atoms with Crippen LogP contribution in [0.15, 0.2) is 11.4 Å². The second-order valence-electron chi connectivity index (χ2n) is 4.49. The van der Waals surface area contributed by atoms with Crippen molar-refractivity contribution in [3.63, 3.8) is 0 Å². The summed E-state index contributed by atoms with van der Waals surface area (Å²) in [6.07, 6.45) is 2.62. The van der Waals surface area contributed by atoms with Gasteiger partial charge in [0.1, 0.15) is 11.3 Å². The third-order valence-corrected chi connectivity index (χ3v) is 4.16. The Bertz CT molecular complexity index is 555. The van der Waals surface area contributed by atoms with E-state index in [1.807, 2.05) is 11.4 Å². The molecular weight excluding hydrogens is 270 g/mol. The van der Waals surface area contributed by atoms with Crippen molar-refractivity contribution in [3.05, 3.63) is 16.7 Å². The normalized spacial score (nSPS) is 15.5. The van der Waals surface area contributed by atoms with E-state index in [1.165, 1.54) is 12.8 Å². The zero-order valence-electron chi connectivity index (χ0n) is 10.1. The van der Waals surface area contributed by atoms with E-state index in [0.717, 1.165) is 22.8 Å². The molecule has 1 aliphatic rings. The Morgan fingerprint density at radius 1 is 1.50 bits per heavy atom. The van der Waals surface area contributed by atoms with Gasteiger partial charge in [-0.2, -0.15) is 4.98 Å². The highest BCUT2D eigenvalue weighted by molar-refractivity contribution is 7.17. The van der Waals surface area contributed by atoms with E-state index in [1.54, 1.807) is 11.3 Å². The molecule has 0 bridgehead atoms. The topological polar surface area (TPSA) is 38.2 Å². The zero-order chi connectivity index (χ0) is 12.5. The molecule has 0 saturated heterocycles. The van der Waals surface area contributed by atoms with E-state index in [-0.39, 0.29) is 5.28 Å². The van der Waals surface area contributed by atoms with Crippen molar-refractivity contribution in [2.24, 2.45) is 0 Å². The van der Waals surface area contributed by atoms with Gasteiger partial charge >= 0.3 is 0 Å². The Hall–Kier alpha value is -0.910. The van der Waals surface area contributed by atoms with Crippen LogP contribution in [0.4, 0.5) is 0 Å². The molecule has 1 saturated carbocycles. The molecule has 0 atom stereocenters. The predicted octanol–water partition coefficient (Wildman–Crippen LogP) is 2.82. The lowest BCUT2D eigenvalue weighted by Crippen LogP contribution is -2.26. The summed E-state index contributed by atoms with van der Waals surface area (Å²) in [5.74, 6) is 0.601. The summed E-state index contributed by atoms with van der Waals surface area (Å²) in [6.45, 7) is 1.55. The maximum atomic E-state index is 5.87. The lowest BCUT2D eigenvalue weighted by molar-refractivity contribution is 0.228. The number of rotatable bonds is 5. The van der Waals surface area contributed by atoms with Crippen LogP contribution < -0.4 is 4.74 Å². The van der Waals surface area contributed by atoms with Gasteiger partial charge in [0, 0.05) is 12.6 Å². The number of likely N-dealkylation sites (N-methyl/N-ethyl adjacent to an activating group) is 1. The predicted molar refractivity (Wildman–Crippen MR) is 73.6 cm³/mol. The molecular formula is C12H14ClN3OS. The minimum absolute atomic E-state index is 0.242. The van der Waals surface area contributed by atoms with Crippen LogP contribution in [-0.2, 0) is 0 Å². The standard InChI is InChI=1S/C12H14ClN3OS/c1-16(8-2-3-8)5-6-17-11-10-9(4-7-18-10)14-12(13)15-11/h4,7-8H,2-3,5-6H2,1H3. The second-order valence-corrected chi connectivity index (χ2v) is 5.75.